The number of carbonyl (C=O) groups is 3. The monoisotopic (exact) mass is 376 g/mol. The molecule has 1 fully saturated rings. The van der Waals surface area contributed by atoms with Crippen LogP contribution < -0.4 is 16.0 Å². The Morgan fingerprint density at radius 3 is 2.63 bits per heavy atom. The number of nitrogens with zero attached hydrogens (tertiary/aromatic N) is 1. The number of hydrogen-bond donors (Lipinski definition) is 3. The number of unbranched alkanes of at least 4 members (excludes halogenated alkanes) is 1. The van der Waals surface area contributed by atoms with Gasteiger partial charge in [0.25, 0.3) is 0 Å². The van der Waals surface area contributed by atoms with Crippen LogP contribution >= 0.6 is 0 Å². The zero-order valence-electron chi connectivity index (χ0n) is 15.8. The number of hydrogen-bond acceptors (Lipinski definition) is 6. The van der Waals surface area contributed by atoms with Gasteiger partial charge in [-0.25, -0.2) is 4.79 Å². The predicted molar refractivity (Wildman–Crippen MR) is 103 cm³/mol. The van der Waals surface area contributed by atoms with Gasteiger partial charge in [0.15, 0.2) is 0 Å². The average Bonchev–Trinajstić information content (AvgIpc) is 2.69. The van der Waals surface area contributed by atoms with Crippen LogP contribution in [0.15, 0.2) is 24.3 Å². The summed E-state index contributed by atoms with van der Waals surface area (Å²) >= 11 is 0. The largest absolute Gasteiger partial charge is 0.462 e. The van der Waals surface area contributed by atoms with E-state index >= 15 is 0 Å². The number of piperazine rings is 1. The van der Waals surface area contributed by atoms with Crippen molar-refractivity contribution in [3.8, 4) is 0 Å². The van der Waals surface area contributed by atoms with Crippen LogP contribution in [-0.2, 0) is 14.3 Å². The molecule has 0 unspecified atom stereocenters. The molecule has 0 spiro atoms. The van der Waals surface area contributed by atoms with E-state index in [0.29, 0.717) is 19.7 Å². The van der Waals surface area contributed by atoms with Crippen molar-refractivity contribution in [3.05, 3.63) is 29.8 Å². The Kier molecular flexibility index (Phi) is 8.73. The molecule has 1 aliphatic heterocycles. The molecule has 8 heteroatoms. The molecule has 0 atom stereocenters. The smallest absolute Gasteiger partial charge is 0.340 e. The van der Waals surface area contributed by atoms with Crippen molar-refractivity contribution in [2.75, 3.05) is 51.2 Å². The molecular weight excluding hydrogens is 348 g/mol. The van der Waals surface area contributed by atoms with Crippen molar-refractivity contribution in [1.82, 2.24) is 15.5 Å². The van der Waals surface area contributed by atoms with E-state index in [1.54, 1.807) is 24.3 Å². The van der Waals surface area contributed by atoms with Crippen molar-refractivity contribution in [3.63, 3.8) is 0 Å². The first kappa shape index (κ1) is 20.9. The Morgan fingerprint density at radius 1 is 1.15 bits per heavy atom. The summed E-state index contributed by atoms with van der Waals surface area (Å²) < 4.78 is 5.18. The molecule has 148 valence electrons. The van der Waals surface area contributed by atoms with Gasteiger partial charge >= 0.3 is 17.8 Å². The number of ether oxygens (including phenoxy) is 1. The van der Waals surface area contributed by atoms with Crippen LogP contribution in [0.5, 0.6) is 0 Å². The molecule has 0 radical (unpaired) electrons. The van der Waals surface area contributed by atoms with Crippen molar-refractivity contribution in [2.45, 2.75) is 19.8 Å². The van der Waals surface area contributed by atoms with Gasteiger partial charge in [-0.05, 0) is 18.6 Å². The van der Waals surface area contributed by atoms with Gasteiger partial charge in [0.1, 0.15) is 0 Å². The van der Waals surface area contributed by atoms with E-state index < -0.39 is 17.8 Å². The van der Waals surface area contributed by atoms with E-state index in [4.69, 9.17) is 4.74 Å². The summed E-state index contributed by atoms with van der Waals surface area (Å²) in [5, 5.41) is 8.36. The highest BCUT2D eigenvalue weighted by Crippen LogP contribution is 2.16. The number of para-hydroxylation sites is 1. The highest BCUT2D eigenvalue weighted by atomic mass is 16.5. The first-order valence-corrected chi connectivity index (χ1v) is 9.40. The maximum atomic E-state index is 12.2. The summed E-state index contributed by atoms with van der Waals surface area (Å²) in [6.07, 6.45) is 1.69. The third-order valence-electron chi connectivity index (χ3n) is 4.26. The minimum absolute atomic E-state index is 0.232. The Morgan fingerprint density at radius 2 is 1.89 bits per heavy atom. The quantitative estimate of drug-likeness (QED) is 0.349. The molecule has 2 rings (SSSR count). The fraction of sp³-hybridized carbons (Fsp3) is 0.526. The lowest BCUT2D eigenvalue weighted by Crippen LogP contribution is -2.47. The Hall–Kier alpha value is -2.45. The van der Waals surface area contributed by atoms with E-state index in [2.05, 4.69) is 20.9 Å². The fourth-order valence-electron chi connectivity index (χ4n) is 2.68. The fourth-order valence-corrected chi connectivity index (χ4v) is 2.68. The molecule has 0 aromatic heterocycles. The van der Waals surface area contributed by atoms with Gasteiger partial charge in [0.2, 0.25) is 0 Å². The molecule has 1 aromatic carbocycles. The van der Waals surface area contributed by atoms with Crippen LogP contribution in [-0.4, -0.2) is 68.6 Å². The summed E-state index contributed by atoms with van der Waals surface area (Å²) in [6.45, 7) is 7.13. The van der Waals surface area contributed by atoms with Crippen molar-refractivity contribution in [2.24, 2.45) is 0 Å². The van der Waals surface area contributed by atoms with E-state index in [1.807, 2.05) is 6.92 Å². The number of anilines is 1. The molecule has 1 aromatic rings. The standard InChI is InChI=1S/C19H28N4O4/c1-2-3-14-27-19(26)15-6-4-5-7-16(15)22-18(25)17(24)21-10-13-23-11-8-20-9-12-23/h4-7,20H,2-3,8-14H2,1H3,(H,21,24)(H,22,25). The Balaban J connectivity index is 1.83. The summed E-state index contributed by atoms with van der Waals surface area (Å²) in [6, 6.07) is 6.49. The van der Waals surface area contributed by atoms with Crippen LogP contribution in [0.25, 0.3) is 0 Å². The molecule has 2 amide bonds. The zero-order chi connectivity index (χ0) is 19.5. The molecule has 0 bridgehead atoms. The Bertz CT molecular complexity index is 644. The van der Waals surface area contributed by atoms with Crippen LogP contribution in [0.3, 0.4) is 0 Å². The van der Waals surface area contributed by atoms with Gasteiger partial charge in [-0.1, -0.05) is 25.5 Å². The van der Waals surface area contributed by atoms with E-state index in [1.165, 1.54) is 0 Å². The third-order valence-corrected chi connectivity index (χ3v) is 4.26. The predicted octanol–water partition coefficient (Wildman–Crippen LogP) is 0.603. The lowest BCUT2D eigenvalue weighted by Gasteiger charge is -2.26. The van der Waals surface area contributed by atoms with Gasteiger partial charge in [-0.3, -0.25) is 14.5 Å². The third kappa shape index (κ3) is 6.99. The second kappa shape index (κ2) is 11.3. The SMILES string of the molecule is CCCCOC(=O)c1ccccc1NC(=O)C(=O)NCCN1CCNCC1. The molecule has 1 aliphatic rings. The lowest BCUT2D eigenvalue weighted by atomic mass is 10.1. The molecule has 3 N–H and O–H groups in total. The van der Waals surface area contributed by atoms with Crippen molar-refractivity contribution < 1.29 is 19.1 Å². The van der Waals surface area contributed by atoms with Gasteiger partial charge in [0, 0.05) is 39.3 Å². The number of benzene rings is 1. The topological polar surface area (TPSA) is 99.8 Å². The molecular formula is C19H28N4O4. The molecule has 1 heterocycles. The van der Waals surface area contributed by atoms with Crippen LogP contribution in [0.2, 0.25) is 0 Å². The first-order valence-electron chi connectivity index (χ1n) is 9.40. The number of esters is 1. The molecule has 1 saturated heterocycles. The van der Waals surface area contributed by atoms with Crippen LogP contribution in [0, 0.1) is 0 Å². The normalized spacial score (nSPS) is 14.4. The molecule has 0 saturated carbocycles. The van der Waals surface area contributed by atoms with Gasteiger partial charge in [0.05, 0.1) is 17.9 Å². The van der Waals surface area contributed by atoms with E-state index in [-0.39, 0.29) is 11.3 Å². The maximum absolute atomic E-state index is 12.2. The van der Waals surface area contributed by atoms with Gasteiger partial charge < -0.3 is 20.7 Å². The highest BCUT2D eigenvalue weighted by molar-refractivity contribution is 6.40. The highest BCUT2D eigenvalue weighted by Gasteiger charge is 2.18. The number of amides is 2. The second-order valence-corrected chi connectivity index (χ2v) is 6.34. The van der Waals surface area contributed by atoms with Gasteiger partial charge in [-0.15, -0.1) is 0 Å². The van der Waals surface area contributed by atoms with Crippen LogP contribution in [0.1, 0.15) is 30.1 Å². The average molecular weight is 376 g/mol. The second-order valence-electron chi connectivity index (χ2n) is 6.34. The molecule has 0 aliphatic carbocycles. The van der Waals surface area contributed by atoms with Crippen molar-refractivity contribution in [1.29, 1.82) is 0 Å². The van der Waals surface area contributed by atoms with Gasteiger partial charge in [-0.2, -0.15) is 0 Å². The number of nitrogens with one attached hydrogen (secondary N) is 3. The number of rotatable bonds is 8. The molecule has 27 heavy (non-hydrogen) atoms. The summed E-state index contributed by atoms with van der Waals surface area (Å²) in [5.74, 6) is -2.04. The maximum Gasteiger partial charge on any atom is 0.340 e. The van der Waals surface area contributed by atoms with Crippen molar-refractivity contribution >= 4 is 23.5 Å². The summed E-state index contributed by atoms with van der Waals surface area (Å²) in [7, 11) is 0. The number of carbonyl (C=O) groups excluding carboxylic acids is 3. The first-order chi connectivity index (χ1) is 13.1. The van der Waals surface area contributed by atoms with E-state index in [9.17, 15) is 14.4 Å². The summed E-state index contributed by atoms with van der Waals surface area (Å²) in [5.41, 5.74) is 0.497. The van der Waals surface area contributed by atoms with Crippen LogP contribution in [0.4, 0.5) is 5.69 Å². The lowest BCUT2D eigenvalue weighted by molar-refractivity contribution is -0.136. The summed E-state index contributed by atoms with van der Waals surface area (Å²) in [4.78, 5) is 38.5. The minimum Gasteiger partial charge on any atom is -0.462 e. The molecule has 8 nitrogen and oxygen atoms in total. The zero-order valence-corrected chi connectivity index (χ0v) is 15.8. The Labute approximate surface area is 159 Å². The van der Waals surface area contributed by atoms with E-state index in [0.717, 1.165) is 39.0 Å². The minimum atomic E-state index is -0.802.